The number of hydrogen-bond acceptors (Lipinski definition) is 5. The Bertz CT molecular complexity index is 354. The standard InChI is InChI=1S/C10H16F3N3O2/c1-3-14-7(2)4-9-15-8(16-18-9)5-17-6-10(11,12)13/h7,14H,3-6H2,1-2H3. The first-order valence-corrected chi connectivity index (χ1v) is 5.60. The largest absolute Gasteiger partial charge is 0.411 e. The number of alkyl halides is 3. The molecular formula is C10H16F3N3O2. The van der Waals surface area contributed by atoms with E-state index in [-0.39, 0.29) is 18.5 Å². The zero-order chi connectivity index (χ0) is 13.6. The molecule has 0 bridgehead atoms. The molecule has 0 aliphatic rings. The summed E-state index contributed by atoms with van der Waals surface area (Å²) in [5, 5.41) is 6.70. The maximum Gasteiger partial charge on any atom is 0.411 e. The molecule has 1 atom stereocenters. The Morgan fingerprint density at radius 3 is 2.78 bits per heavy atom. The van der Waals surface area contributed by atoms with Crippen LogP contribution in [0.1, 0.15) is 25.6 Å². The fraction of sp³-hybridized carbons (Fsp3) is 0.800. The van der Waals surface area contributed by atoms with Crippen LogP contribution in [-0.2, 0) is 17.8 Å². The average Bonchev–Trinajstić information content (AvgIpc) is 2.64. The summed E-state index contributed by atoms with van der Waals surface area (Å²) in [7, 11) is 0. The van der Waals surface area contributed by atoms with Crippen LogP contribution in [0.2, 0.25) is 0 Å². The molecular weight excluding hydrogens is 251 g/mol. The van der Waals surface area contributed by atoms with Crippen LogP contribution in [0.15, 0.2) is 4.52 Å². The van der Waals surface area contributed by atoms with Crippen molar-refractivity contribution in [2.24, 2.45) is 0 Å². The molecule has 0 saturated carbocycles. The van der Waals surface area contributed by atoms with Crippen molar-refractivity contribution in [3.05, 3.63) is 11.7 Å². The number of nitrogens with one attached hydrogen (secondary N) is 1. The summed E-state index contributed by atoms with van der Waals surface area (Å²) in [5.41, 5.74) is 0. The Balaban J connectivity index is 2.34. The maximum atomic E-state index is 11.8. The molecule has 1 N–H and O–H groups in total. The minimum Gasteiger partial charge on any atom is -0.364 e. The van der Waals surface area contributed by atoms with Crippen LogP contribution in [-0.4, -0.2) is 35.5 Å². The van der Waals surface area contributed by atoms with Gasteiger partial charge in [-0.05, 0) is 13.5 Å². The van der Waals surface area contributed by atoms with Gasteiger partial charge in [-0.1, -0.05) is 12.1 Å². The van der Waals surface area contributed by atoms with E-state index < -0.39 is 12.8 Å². The second-order valence-electron chi connectivity index (χ2n) is 3.88. The monoisotopic (exact) mass is 267 g/mol. The molecule has 1 rings (SSSR count). The second-order valence-corrected chi connectivity index (χ2v) is 3.88. The van der Waals surface area contributed by atoms with E-state index in [1.54, 1.807) is 0 Å². The zero-order valence-electron chi connectivity index (χ0n) is 10.3. The first-order chi connectivity index (χ1) is 8.40. The molecule has 0 amide bonds. The summed E-state index contributed by atoms with van der Waals surface area (Å²) < 4.78 is 44.8. The normalized spacial score (nSPS) is 13.8. The molecule has 5 nitrogen and oxygen atoms in total. The third kappa shape index (κ3) is 5.97. The number of likely N-dealkylation sites (N-methyl/N-ethyl adjacent to an activating group) is 1. The first kappa shape index (κ1) is 14.9. The van der Waals surface area contributed by atoms with E-state index in [9.17, 15) is 13.2 Å². The van der Waals surface area contributed by atoms with Crippen molar-refractivity contribution in [1.82, 2.24) is 15.5 Å². The lowest BCUT2D eigenvalue weighted by molar-refractivity contribution is -0.177. The lowest BCUT2D eigenvalue weighted by Crippen LogP contribution is -2.27. The number of aromatic nitrogens is 2. The van der Waals surface area contributed by atoms with Crippen molar-refractivity contribution >= 4 is 0 Å². The van der Waals surface area contributed by atoms with Crippen molar-refractivity contribution in [3.63, 3.8) is 0 Å². The summed E-state index contributed by atoms with van der Waals surface area (Å²) >= 11 is 0. The molecule has 1 unspecified atom stereocenters. The van der Waals surface area contributed by atoms with Crippen molar-refractivity contribution in [3.8, 4) is 0 Å². The van der Waals surface area contributed by atoms with Crippen LogP contribution in [0.25, 0.3) is 0 Å². The molecule has 0 aliphatic heterocycles. The topological polar surface area (TPSA) is 60.2 Å². The van der Waals surface area contributed by atoms with E-state index in [0.29, 0.717) is 12.3 Å². The highest BCUT2D eigenvalue weighted by Crippen LogP contribution is 2.15. The summed E-state index contributed by atoms with van der Waals surface area (Å²) in [4.78, 5) is 3.94. The molecule has 0 aliphatic carbocycles. The Kier molecular flexibility index (Phi) is 5.54. The van der Waals surface area contributed by atoms with Crippen LogP contribution in [0.3, 0.4) is 0 Å². The number of hydrogen-bond donors (Lipinski definition) is 1. The van der Waals surface area contributed by atoms with Gasteiger partial charge in [0.1, 0.15) is 13.2 Å². The summed E-state index contributed by atoms with van der Waals surface area (Å²) in [5.74, 6) is 0.506. The minimum atomic E-state index is -4.34. The van der Waals surface area contributed by atoms with E-state index in [1.807, 2.05) is 13.8 Å². The van der Waals surface area contributed by atoms with E-state index >= 15 is 0 Å². The van der Waals surface area contributed by atoms with Crippen LogP contribution in [0, 0.1) is 0 Å². The van der Waals surface area contributed by atoms with E-state index in [4.69, 9.17) is 4.52 Å². The van der Waals surface area contributed by atoms with Crippen molar-refractivity contribution in [1.29, 1.82) is 0 Å². The summed E-state index contributed by atoms with van der Waals surface area (Å²) in [6, 6.07) is 0.166. The highest BCUT2D eigenvalue weighted by atomic mass is 19.4. The maximum absolute atomic E-state index is 11.8. The van der Waals surface area contributed by atoms with Crippen LogP contribution < -0.4 is 5.32 Å². The SMILES string of the molecule is CCNC(C)Cc1nc(COCC(F)(F)F)no1. The first-order valence-electron chi connectivity index (χ1n) is 5.60. The summed E-state index contributed by atoms with van der Waals surface area (Å²) in [6.45, 7) is 3.12. The molecule has 1 aromatic rings. The smallest absolute Gasteiger partial charge is 0.364 e. The molecule has 1 aromatic heterocycles. The molecule has 0 fully saturated rings. The van der Waals surface area contributed by atoms with Crippen LogP contribution in [0.5, 0.6) is 0 Å². The average molecular weight is 267 g/mol. The van der Waals surface area contributed by atoms with Crippen LogP contribution in [0.4, 0.5) is 13.2 Å². The fourth-order valence-corrected chi connectivity index (χ4v) is 1.37. The number of halogens is 3. The highest BCUT2D eigenvalue weighted by Gasteiger charge is 2.27. The van der Waals surface area contributed by atoms with Gasteiger partial charge in [-0.15, -0.1) is 0 Å². The Morgan fingerprint density at radius 1 is 1.44 bits per heavy atom. The van der Waals surface area contributed by atoms with E-state index in [1.165, 1.54) is 0 Å². The van der Waals surface area contributed by atoms with Gasteiger partial charge in [0.2, 0.25) is 5.89 Å². The Labute approximate surface area is 103 Å². The van der Waals surface area contributed by atoms with E-state index in [0.717, 1.165) is 6.54 Å². The van der Waals surface area contributed by atoms with Gasteiger partial charge >= 0.3 is 6.18 Å². The third-order valence-corrected chi connectivity index (χ3v) is 2.04. The van der Waals surface area contributed by atoms with Crippen molar-refractivity contribution < 1.29 is 22.4 Å². The lowest BCUT2D eigenvalue weighted by Gasteiger charge is -2.07. The zero-order valence-corrected chi connectivity index (χ0v) is 10.3. The van der Waals surface area contributed by atoms with Gasteiger partial charge in [0, 0.05) is 12.5 Å². The molecule has 0 saturated heterocycles. The quantitative estimate of drug-likeness (QED) is 0.814. The lowest BCUT2D eigenvalue weighted by atomic mass is 10.2. The Morgan fingerprint density at radius 2 is 2.17 bits per heavy atom. The molecule has 1 heterocycles. The molecule has 0 aromatic carbocycles. The van der Waals surface area contributed by atoms with E-state index in [2.05, 4.69) is 20.2 Å². The highest BCUT2D eigenvalue weighted by molar-refractivity contribution is 4.87. The molecule has 18 heavy (non-hydrogen) atoms. The minimum absolute atomic E-state index is 0.123. The van der Waals surface area contributed by atoms with Crippen molar-refractivity contribution in [2.45, 2.75) is 39.1 Å². The molecule has 8 heteroatoms. The predicted molar refractivity (Wildman–Crippen MR) is 56.9 cm³/mol. The third-order valence-electron chi connectivity index (χ3n) is 2.04. The van der Waals surface area contributed by atoms with Gasteiger partial charge < -0.3 is 14.6 Å². The number of ether oxygens (including phenoxy) is 1. The van der Waals surface area contributed by atoms with Crippen molar-refractivity contribution in [2.75, 3.05) is 13.2 Å². The number of rotatable bonds is 7. The van der Waals surface area contributed by atoms with Gasteiger partial charge in [0.15, 0.2) is 5.82 Å². The van der Waals surface area contributed by atoms with Gasteiger partial charge in [0.25, 0.3) is 0 Å². The van der Waals surface area contributed by atoms with Crippen LogP contribution >= 0.6 is 0 Å². The van der Waals surface area contributed by atoms with Gasteiger partial charge in [-0.25, -0.2) is 0 Å². The number of nitrogens with zero attached hydrogens (tertiary/aromatic N) is 2. The van der Waals surface area contributed by atoms with Gasteiger partial charge in [-0.3, -0.25) is 0 Å². The Hall–Kier alpha value is -1.15. The molecule has 0 spiro atoms. The summed E-state index contributed by atoms with van der Waals surface area (Å²) in [6.07, 6.45) is -3.81. The molecule has 104 valence electrons. The second kappa shape index (κ2) is 6.69. The van der Waals surface area contributed by atoms with Gasteiger partial charge in [-0.2, -0.15) is 18.2 Å². The fourth-order valence-electron chi connectivity index (χ4n) is 1.37. The van der Waals surface area contributed by atoms with Gasteiger partial charge in [0.05, 0.1) is 0 Å². The predicted octanol–water partition coefficient (Wildman–Crippen LogP) is 1.69. The molecule has 0 radical (unpaired) electrons.